The van der Waals surface area contributed by atoms with Gasteiger partial charge in [0.05, 0.1) is 25.7 Å². The lowest BCUT2D eigenvalue weighted by molar-refractivity contribution is -0.137. The van der Waals surface area contributed by atoms with Crippen LogP contribution in [0.25, 0.3) is 0 Å². The van der Waals surface area contributed by atoms with Gasteiger partial charge in [0.15, 0.2) is 0 Å². The molecule has 1 aliphatic heterocycles. The fraction of sp³-hybridized carbons (Fsp3) is 0.846. The van der Waals surface area contributed by atoms with Crippen LogP contribution in [-0.4, -0.2) is 65.3 Å². The van der Waals surface area contributed by atoms with Crippen LogP contribution in [0.1, 0.15) is 32.6 Å². The zero-order valence-corrected chi connectivity index (χ0v) is 11.4. The predicted octanol–water partition coefficient (Wildman–Crippen LogP) is 1.16. The molecule has 0 spiro atoms. The monoisotopic (exact) mass is 270 g/mol. The van der Waals surface area contributed by atoms with Gasteiger partial charge in [-0.1, -0.05) is 6.92 Å². The molecule has 108 valence electrons. The molecule has 6 heteroatoms. The minimum absolute atomic E-state index is 0.0149. The third-order valence-electron chi connectivity index (χ3n) is 3.74. The zero-order chi connectivity index (χ0) is 13.8. The van der Waals surface area contributed by atoms with Crippen molar-refractivity contribution in [2.45, 2.75) is 44.7 Å². The standard InChI is InChI=1S/C13H22N2O4/c1-2-10-9-19-8-7-15(10)13(18)14(11-3-4-11)6-5-12(16)17/h10-11H,2-9H2,1H3,(H,16,17). The van der Waals surface area contributed by atoms with Gasteiger partial charge >= 0.3 is 12.0 Å². The number of hydrogen-bond acceptors (Lipinski definition) is 3. The summed E-state index contributed by atoms with van der Waals surface area (Å²) in [6, 6.07) is 0.346. The molecule has 1 unspecified atom stereocenters. The predicted molar refractivity (Wildman–Crippen MR) is 69.0 cm³/mol. The Morgan fingerprint density at radius 3 is 2.74 bits per heavy atom. The Labute approximate surface area is 113 Å². The number of hydrogen-bond donors (Lipinski definition) is 1. The van der Waals surface area contributed by atoms with E-state index in [1.165, 1.54) is 0 Å². The smallest absolute Gasteiger partial charge is 0.320 e. The van der Waals surface area contributed by atoms with Crippen molar-refractivity contribution in [2.75, 3.05) is 26.3 Å². The van der Waals surface area contributed by atoms with E-state index in [1.807, 2.05) is 11.8 Å². The summed E-state index contributed by atoms with van der Waals surface area (Å²) in [7, 11) is 0. The molecule has 0 aromatic carbocycles. The molecule has 2 fully saturated rings. The van der Waals surface area contributed by atoms with Crippen molar-refractivity contribution in [1.29, 1.82) is 0 Å². The van der Waals surface area contributed by atoms with Gasteiger partial charge < -0.3 is 19.6 Å². The first-order valence-electron chi connectivity index (χ1n) is 7.00. The van der Waals surface area contributed by atoms with Crippen molar-refractivity contribution in [3.05, 3.63) is 0 Å². The molecular weight excluding hydrogens is 248 g/mol. The summed E-state index contributed by atoms with van der Waals surface area (Å²) in [5.74, 6) is -0.854. The minimum atomic E-state index is -0.854. The number of carboxylic acid groups (broad SMARTS) is 1. The van der Waals surface area contributed by atoms with Crippen LogP contribution in [0.4, 0.5) is 4.79 Å². The summed E-state index contributed by atoms with van der Waals surface area (Å²) in [5, 5.41) is 8.78. The molecule has 0 bridgehead atoms. The van der Waals surface area contributed by atoms with Gasteiger partial charge in [0.25, 0.3) is 0 Å². The number of carboxylic acids is 1. The van der Waals surface area contributed by atoms with Crippen molar-refractivity contribution in [3.8, 4) is 0 Å². The highest BCUT2D eigenvalue weighted by molar-refractivity contribution is 5.76. The highest BCUT2D eigenvalue weighted by Gasteiger charge is 2.37. The van der Waals surface area contributed by atoms with E-state index in [4.69, 9.17) is 9.84 Å². The maximum Gasteiger partial charge on any atom is 0.320 e. The third-order valence-corrected chi connectivity index (χ3v) is 3.74. The minimum Gasteiger partial charge on any atom is -0.481 e. The van der Waals surface area contributed by atoms with E-state index in [0.29, 0.717) is 26.3 Å². The van der Waals surface area contributed by atoms with Gasteiger partial charge in [-0.05, 0) is 19.3 Å². The van der Waals surface area contributed by atoms with E-state index in [9.17, 15) is 9.59 Å². The number of ether oxygens (including phenoxy) is 1. The molecule has 2 amide bonds. The molecule has 6 nitrogen and oxygen atoms in total. The first-order valence-corrected chi connectivity index (χ1v) is 7.00. The molecule has 1 aliphatic carbocycles. The molecule has 19 heavy (non-hydrogen) atoms. The molecule has 1 heterocycles. The van der Waals surface area contributed by atoms with Crippen molar-refractivity contribution in [3.63, 3.8) is 0 Å². The maximum atomic E-state index is 12.6. The first kappa shape index (κ1) is 14.1. The average molecular weight is 270 g/mol. The number of urea groups is 1. The number of nitrogens with zero attached hydrogens (tertiary/aromatic N) is 2. The summed E-state index contributed by atoms with van der Waals surface area (Å²) in [5.41, 5.74) is 0. The Balaban J connectivity index is 1.98. The van der Waals surface area contributed by atoms with Gasteiger partial charge in [-0.2, -0.15) is 0 Å². The SMILES string of the molecule is CCC1COCCN1C(=O)N(CCC(=O)O)C1CC1. The Morgan fingerprint density at radius 1 is 1.42 bits per heavy atom. The van der Waals surface area contributed by atoms with Crippen molar-refractivity contribution in [2.24, 2.45) is 0 Å². The average Bonchev–Trinajstić information content (AvgIpc) is 3.23. The quantitative estimate of drug-likeness (QED) is 0.813. The van der Waals surface area contributed by atoms with E-state index in [1.54, 1.807) is 4.90 Å². The Morgan fingerprint density at radius 2 is 2.16 bits per heavy atom. The van der Waals surface area contributed by atoms with E-state index in [-0.39, 0.29) is 24.5 Å². The summed E-state index contributed by atoms with van der Waals surface area (Å²) in [4.78, 5) is 26.8. The van der Waals surface area contributed by atoms with Crippen LogP contribution in [-0.2, 0) is 9.53 Å². The summed E-state index contributed by atoms with van der Waals surface area (Å²) in [6.45, 7) is 4.11. The van der Waals surface area contributed by atoms with Gasteiger partial charge in [0.1, 0.15) is 0 Å². The van der Waals surface area contributed by atoms with Crippen molar-refractivity contribution in [1.82, 2.24) is 9.80 Å². The molecular formula is C13H22N2O4. The molecule has 0 aromatic rings. The second-order valence-corrected chi connectivity index (χ2v) is 5.18. The number of carbonyl (C=O) groups is 2. The highest BCUT2D eigenvalue weighted by Crippen LogP contribution is 2.29. The summed E-state index contributed by atoms with van der Waals surface area (Å²) >= 11 is 0. The number of rotatable bonds is 5. The van der Waals surface area contributed by atoms with Crippen molar-refractivity contribution < 1.29 is 19.4 Å². The number of aliphatic carboxylic acids is 1. The van der Waals surface area contributed by atoms with Gasteiger partial charge in [-0.15, -0.1) is 0 Å². The van der Waals surface area contributed by atoms with Crippen LogP contribution in [0.5, 0.6) is 0 Å². The van der Waals surface area contributed by atoms with Gasteiger partial charge in [-0.25, -0.2) is 4.79 Å². The van der Waals surface area contributed by atoms with Crippen molar-refractivity contribution >= 4 is 12.0 Å². The number of morpholine rings is 1. The van der Waals surface area contributed by atoms with E-state index in [2.05, 4.69) is 0 Å². The Bertz CT molecular complexity index is 344. The normalized spacial score (nSPS) is 23.2. The van der Waals surface area contributed by atoms with Crippen LogP contribution in [0.3, 0.4) is 0 Å². The summed E-state index contributed by atoms with van der Waals surface area (Å²) < 4.78 is 5.40. The summed E-state index contributed by atoms with van der Waals surface area (Å²) in [6.07, 6.45) is 2.87. The topological polar surface area (TPSA) is 70.1 Å². The molecule has 2 rings (SSSR count). The number of carbonyl (C=O) groups excluding carboxylic acids is 1. The van der Waals surface area contributed by atoms with Crippen LogP contribution >= 0.6 is 0 Å². The second kappa shape index (κ2) is 6.23. The first-order chi connectivity index (χ1) is 9.13. The van der Waals surface area contributed by atoms with E-state index in [0.717, 1.165) is 19.3 Å². The largest absolute Gasteiger partial charge is 0.481 e. The van der Waals surface area contributed by atoms with E-state index >= 15 is 0 Å². The van der Waals surface area contributed by atoms with Crippen LogP contribution in [0.15, 0.2) is 0 Å². The number of amides is 2. The Kier molecular flexibility index (Phi) is 4.63. The molecule has 2 aliphatic rings. The van der Waals surface area contributed by atoms with Crippen LogP contribution < -0.4 is 0 Å². The fourth-order valence-corrected chi connectivity index (χ4v) is 2.45. The fourth-order valence-electron chi connectivity index (χ4n) is 2.45. The highest BCUT2D eigenvalue weighted by atomic mass is 16.5. The lowest BCUT2D eigenvalue weighted by Gasteiger charge is -2.38. The lowest BCUT2D eigenvalue weighted by atomic mass is 10.2. The molecule has 0 radical (unpaired) electrons. The second-order valence-electron chi connectivity index (χ2n) is 5.18. The molecule has 0 aromatic heterocycles. The Hall–Kier alpha value is -1.30. The third kappa shape index (κ3) is 3.59. The van der Waals surface area contributed by atoms with Gasteiger partial charge in [0, 0.05) is 19.1 Å². The molecule has 1 atom stereocenters. The van der Waals surface area contributed by atoms with Gasteiger partial charge in [-0.3, -0.25) is 4.79 Å². The van der Waals surface area contributed by atoms with Crippen LogP contribution in [0, 0.1) is 0 Å². The van der Waals surface area contributed by atoms with Gasteiger partial charge in [0.2, 0.25) is 0 Å². The molecule has 1 saturated heterocycles. The molecule has 1 N–H and O–H groups in total. The van der Waals surface area contributed by atoms with Crippen LogP contribution in [0.2, 0.25) is 0 Å². The lowest BCUT2D eigenvalue weighted by Crippen LogP contribution is -2.54. The zero-order valence-electron chi connectivity index (χ0n) is 11.4. The molecule has 1 saturated carbocycles. The van der Waals surface area contributed by atoms with E-state index < -0.39 is 5.97 Å². The maximum absolute atomic E-state index is 12.6.